The molecule has 0 amide bonds. The molecule has 3 atom stereocenters. The van der Waals surface area contributed by atoms with Gasteiger partial charge in [0.05, 0.1) is 5.92 Å². The first kappa shape index (κ1) is 21.7. The summed E-state index contributed by atoms with van der Waals surface area (Å²) in [5.41, 5.74) is 2.33. The molecule has 3 aromatic carbocycles. The Morgan fingerprint density at radius 3 is 1.93 bits per heavy atom. The van der Waals surface area contributed by atoms with Gasteiger partial charge in [0.25, 0.3) is 0 Å². The summed E-state index contributed by atoms with van der Waals surface area (Å²) in [7, 11) is 0. The fourth-order valence-corrected chi connectivity index (χ4v) is 4.26. The zero-order chi connectivity index (χ0) is 21.5. The van der Waals surface area contributed by atoms with Crippen molar-refractivity contribution in [3.63, 3.8) is 0 Å². The molecule has 0 N–H and O–H groups in total. The van der Waals surface area contributed by atoms with Crippen LogP contribution in [0.2, 0.25) is 5.02 Å². The molecule has 0 radical (unpaired) electrons. The van der Waals surface area contributed by atoms with E-state index in [1.165, 1.54) is 0 Å². The number of Topliss-reactive ketones (excluding diaryl/α,β-unsaturated/α-hetero) is 1. The van der Waals surface area contributed by atoms with E-state index in [4.69, 9.17) is 11.6 Å². The lowest BCUT2D eigenvalue weighted by Gasteiger charge is -2.31. The van der Waals surface area contributed by atoms with Crippen LogP contribution in [0.5, 0.6) is 0 Å². The summed E-state index contributed by atoms with van der Waals surface area (Å²) in [5, 5.41) is 12.2. The van der Waals surface area contributed by atoms with Gasteiger partial charge in [-0.25, -0.2) is 0 Å². The summed E-state index contributed by atoms with van der Waals surface area (Å²) in [6.45, 7) is 1.70. The Kier molecular flexibility index (Phi) is 7.36. The van der Waals surface area contributed by atoms with Crippen LogP contribution in [0.3, 0.4) is 0 Å². The van der Waals surface area contributed by atoms with Crippen LogP contribution in [0, 0.1) is 16.0 Å². The second-order valence-corrected chi connectivity index (χ2v) is 7.79. The van der Waals surface area contributed by atoms with Crippen molar-refractivity contribution in [1.82, 2.24) is 0 Å². The fraction of sp³-hybridized carbons (Fsp3) is 0.240. The molecule has 0 bridgehead atoms. The number of benzene rings is 3. The number of carbonyl (C=O) groups excluding carboxylic acids is 1. The zero-order valence-electron chi connectivity index (χ0n) is 16.8. The third-order valence-corrected chi connectivity index (χ3v) is 5.79. The molecule has 5 heteroatoms. The van der Waals surface area contributed by atoms with Gasteiger partial charge < -0.3 is 0 Å². The molecule has 3 rings (SSSR count). The molecule has 0 fully saturated rings. The van der Waals surface area contributed by atoms with E-state index in [0.717, 1.165) is 11.1 Å². The predicted octanol–water partition coefficient (Wildman–Crippen LogP) is 6.39. The highest BCUT2D eigenvalue weighted by Gasteiger charge is 2.39. The van der Waals surface area contributed by atoms with Gasteiger partial charge in [-0.05, 0) is 35.6 Å². The van der Waals surface area contributed by atoms with Crippen LogP contribution in [0.4, 0.5) is 0 Å². The van der Waals surface area contributed by atoms with Crippen LogP contribution in [-0.2, 0) is 0 Å². The molecular formula is C25H24ClNO3. The number of carbonyl (C=O) groups is 1. The first-order valence-electron chi connectivity index (χ1n) is 10.0. The first-order chi connectivity index (χ1) is 14.5. The van der Waals surface area contributed by atoms with Crippen LogP contribution in [-0.4, -0.2) is 17.3 Å². The monoisotopic (exact) mass is 421 g/mol. The van der Waals surface area contributed by atoms with Crippen molar-refractivity contribution < 1.29 is 9.72 Å². The van der Waals surface area contributed by atoms with Crippen molar-refractivity contribution in [3.05, 3.63) is 117 Å². The van der Waals surface area contributed by atoms with Gasteiger partial charge in [0.1, 0.15) is 0 Å². The molecule has 0 saturated heterocycles. The highest BCUT2D eigenvalue weighted by molar-refractivity contribution is 6.30. The minimum absolute atomic E-state index is 0.0758. The lowest BCUT2D eigenvalue weighted by atomic mass is 9.70. The third kappa shape index (κ3) is 5.14. The molecule has 0 heterocycles. The van der Waals surface area contributed by atoms with E-state index in [2.05, 4.69) is 0 Å². The van der Waals surface area contributed by atoms with E-state index in [1.807, 2.05) is 55.5 Å². The largest absolute Gasteiger partial charge is 0.294 e. The zero-order valence-corrected chi connectivity index (χ0v) is 17.5. The van der Waals surface area contributed by atoms with Gasteiger partial charge in [0.2, 0.25) is 6.54 Å². The maximum Gasteiger partial charge on any atom is 0.211 e. The SMILES string of the molecule is CCC(c1ccccc1)C(C(=O)c1ccccc1)C(C[N+](=O)[O-])c1ccc(Cl)cc1. The Hall–Kier alpha value is -2.98. The normalized spacial score (nSPS) is 13.9. The molecule has 0 saturated carbocycles. The van der Waals surface area contributed by atoms with Crippen molar-refractivity contribution >= 4 is 17.4 Å². The number of nitrogens with zero attached hydrogens (tertiary/aromatic N) is 1. The summed E-state index contributed by atoms with van der Waals surface area (Å²) in [6.07, 6.45) is 0.690. The number of halogens is 1. The number of rotatable bonds is 9. The minimum atomic E-state index is -0.577. The van der Waals surface area contributed by atoms with Crippen molar-refractivity contribution in [3.8, 4) is 0 Å². The van der Waals surface area contributed by atoms with Gasteiger partial charge in [-0.2, -0.15) is 0 Å². The standard InChI is InChI=1S/C25H24ClNO3/c1-2-22(18-9-5-3-6-10-18)24(25(28)20-11-7-4-8-12-20)23(17-27(29)30)19-13-15-21(26)16-14-19/h3-16,22-24H,2,17H2,1H3. The minimum Gasteiger partial charge on any atom is -0.294 e. The molecule has 3 aromatic rings. The second kappa shape index (κ2) is 10.2. The van der Waals surface area contributed by atoms with Gasteiger partial charge in [-0.3, -0.25) is 14.9 Å². The average Bonchev–Trinajstić information content (AvgIpc) is 2.77. The lowest BCUT2D eigenvalue weighted by molar-refractivity contribution is -0.484. The van der Waals surface area contributed by atoms with Crippen LogP contribution in [0.15, 0.2) is 84.9 Å². The van der Waals surface area contributed by atoms with Crippen LogP contribution >= 0.6 is 11.6 Å². The van der Waals surface area contributed by atoms with Gasteiger partial charge >= 0.3 is 0 Å². The van der Waals surface area contributed by atoms with Crippen LogP contribution < -0.4 is 0 Å². The fourth-order valence-electron chi connectivity index (χ4n) is 4.13. The van der Waals surface area contributed by atoms with Crippen molar-refractivity contribution in [1.29, 1.82) is 0 Å². The first-order valence-corrected chi connectivity index (χ1v) is 10.4. The molecular weight excluding hydrogens is 398 g/mol. The molecule has 0 aliphatic carbocycles. The number of nitro groups is 1. The van der Waals surface area contributed by atoms with Crippen molar-refractivity contribution in [2.45, 2.75) is 25.2 Å². The number of hydrogen-bond acceptors (Lipinski definition) is 3. The van der Waals surface area contributed by atoms with E-state index in [0.29, 0.717) is 17.0 Å². The van der Waals surface area contributed by atoms with Crippen LogP contribution in [0.1, 0.15) is 46.7 Å². The quantitative estimate of drug-likeness (QED) is 0.228. The third-order valence-electron chi connectivity index (χ3n) is 5.54. The Bertz CT molecular complexity index is 974. The Balaban J connectivity index is 2.15. The molecule has 154 valence electrons. The molecule has 3 unspecified atom stereocenters. The van der Waals surface area contributed by atoms with Crippen molar-refractivity contribution in [2.75, 3.05) is 6.54 Å². The van der Waals surface area contributed by atoms with E-state index in [-0.39, 0.29) is 23.2 Å². The topological polar surface area (TPSA) is 60.2 Å². The van der Waals surface area contributed by atoms with E-state index in [9.17, 15) is 14.9 Å². The Morgan fingerprint density at radius 2 is 1.40 bits per heavy atom. The van der Waals surface area contributed by atoms with E-state index in [1.54, 1.807) is 36.4 Å². The summed E-state index contributed by atoms with van der Waals surface area (Å²) >= 11 is 6.05. The summed E-state index contributed by atoms with van der Waals surface area (Å²) in [5.74, 6) is -1.38. The predicted molar refractivity (Wildman–Crippen MR) is 120 cm³/mol. The summed E-state index contributed by atoms with van der Waals surface area (Å²) in [6, 6.07) is 25.8. The van der Waals surface area contributed by atoms with Gasteiger partial charge in [0, 0.05) is 21.4 Å². The summed E-state index contributed by atoms with van der Waals surface area (Å²) in [4.78, 5) is 25.0. The van der Waals surface area contributed by atoms with Gasteiger partial charge in [-0.15, -0.1) is 0 Å². The van der Waals surface area contributed by atoms with Crippen LogP contribution in [0.25, 0.3) is 0 Å². The maximum atomic E-state index is 13.7. The molecule has 0 aliphatic heterocycles. The van der Waals surface area contributed by atoms with E-state index >= 15 is 0 Å². The molecule has 0 spiro atoms. The van der Waals surface area contributed by atoms with E-state index < -0.39 is 11.8 Å². The number of ketones is 1. The smallest absolute Gasteiger partial charge is 0.211 e. The lowest BCUT2D eigenvalue weighted by Crippen LogP contribution is -2.32. The maximum absolute atomic E-state index is 13.7. The number of hydrogen-bond donors (Lipinski definition) is 0. The molecule has 0 aliphatic rings. The molecule has 0 aromatic heterocycles. The average molecular weight is 422 g/mol. The van der Waals surface area contributed by atoms with Gasteiger partial charge in [-0.1, -0.05) is 91.3 Å². The van der Waals surface area contributed by atoms with Crippen molar-refractivity contribution in [2.24, 2.45) is 5.92 Å². The highest BCUT2D eigenvalue weighted by atomic mass is 35.5. The Morgan fingerprint density at radius 1 is 0.867 bits per heavy atom. The summed E-state index contributed by atoms with van der Waals surface area (Å²) < 4.78 is 0. The molecule has 30 heavy (non-hydrogen) atoms. The second-order valence-electron chi connectivity index (χ2n) is 7.35. The highest BCUT2D eigenvalue weighted by Crippen LogP contribution is 2.40. The Labute approximate surface area is 181 Å². The molecule has 4 nitrogen and oxygen atoms in total. The van der Waals surface area contributed by atoms with Gasteiger partial charge in [0.15, 0.2) is 5.78 Å².